The summed E-state index contributed by atoms with van der Waals surface area (Å²) in [6.45, 7) is 6.60. The van der Waals surface area contributed by atoms with Crippen molar-refractivity contribution in [3.8, 4) is 6.07 Å². The first-order chi connectivity index (χ1) is 17.1. The quantitative estimate of drug-likeness (QED) is 0.585. The normalized spacial score (nSPS) is 17.7. The van der Waals surface area contributed by atoms with Gasteiger partial charge in [0.2, 0.25) is 5.91 Å². The van der Waals surface area contributed by atoms with Gasteiger partial charge in [-0.1, -0.05) is 12.1 Å². The lowest BCUT2D eigenvalue weighted by Gasteiger charge is -2.36. The van der Waals surface area contributed by atoms with Crippen LogP contribution in [0.4, 0.5) is 4.79 Å². The molecule has 192 valence electrons. The zero-order valence-corrected chi connectivity index (χ0v) is 21.2. The van der Waals surface area contributed by atoms with Crippen LogP contribution in [0, 0.1) is 23.2 Å². The zero-order valence-electron chi connectivity index (χ0n) is 21.2. The van der Waals surface area contributed by atoms with Gasteiger partial charge >= 0.3 is 12.1 Å². The standard InChI is InChI=1S/C26H33N5O5/c1-26(2,3)36-25(34)30-15-20(11-21(16-30)24(33)35-4)23(32)29-10-9-22-13-28-17-31(22)14-19-7-5-18(12-27)6-8-19/h5-8,13,17,20-21H,9-11,14-16H2,1-4H3,(H,29,32)/t20-,21+/m1/s1. The smallest absolute Gasteiger partial charge is 0.410 e. The molecule has 2 aromatic rings. The second kappa shape index (κ2) is 11.7. The van der Waals surface area contributed by atoms with Gasteiger partial charge in [-0.2, -0.15) is 5.26 Å². The van der Waals surface area contributed by atoms with Crippen LogP contribution < -0.4 is 5.32 Å². The molecule has 0 radical (unpaired) electrons. The summed E-state index contributed by atoms with van der Waals surface area (Å²) in [6, 6.07) is 9.47. The van der Waals surface area contributed by atoms with E-state index in [9.17, 15) is 14.4 Å². The summed E-state index contributed by atoms with van der Waals surface area (Å²) in [5.41, 5.74) is 1.91. The molecule has 10 heteroatoms. The number of piperidine rings is 1. The van der Waals surface area contributed by atoms with Crippen LogP contribution in [0.2, 0.25) is 0 Å². The molecule has 1 aliphatic rings. The first-order valence-electron chi connectivity index (χ1n) is 11.9. The number of imidazole rings is 1. The van der Waals surface area contributed by atoms with E-state index in [0.717, 1.165) is 11.3 Å². The number of hydrogen-bond acceptors (Lipinski definition) is 7. The number of carbonyl (C=O) groups is 3. The number of esters is 1. The van der Waals surface area contributed by atoms with Crippen LogP contribution in [-0.2, 0) is 32.0 Å². The van der Waals surface area contributed by atoms with Crippen molar-refractivity contribution in [3.05, 3.63) is 53.6 Å². The Labute approximate surface area is 211 Å². The van der Waals surface area contributed by atoms with Gasteiger partial charge in [-0.3, -0.25) is 9.59 Å². The molecule has 0 saturated carbocycles. The topological polar surface area (TPSA) is 127 Å². The Morgan fingerprint density at radius 2 is 1.86 bits per heavy atom. The van der Waals surface area contributed by atoms with E-state index in [2.05, 4.69) is 16.4 Å². The van der Waals surface area contributed by atoms with E-state index in [-0.39, 0.29) is 19.0 Å². The number of ether oxygens (including phenoxy) is 2. The molecular weight excluding hydrogens is 462 g/mol. The Bertz CT molecular complexity index is 1110. The van der Waals surface area contributed by atoms with Crippen LogP contribution in [0.5, 0.6) is 0 Å². The first kappa shape index (κ1) is 26.7. The number of methoxy groups -OCH3 is 1. The molecule has 0 unspecified atom stereocenters. The summed E-state index contributed by atoms with van der Waals surface area (Å²) < 4.78 is 12.3. The lowest BCUT2D eigenvalue weighted by atomic mass is 9.88. The van der Waals surface area contributed by atoms with E-state index in [1.54, 1.807) is 45.4 Å². The highest BCUT2D eigenvalue weighted by molar-refractivity contribution is 5.82. The fourth-order valence-corrected chi connectivity index (χ4v) is 4.14. The number of aromatic nitrogens is 2. The number of rotatable bonds is 7. The van der Waals surface area contributed by atoms with Crippen LogP contribution in [0.3, 0.4) is 0 Å². The third-order valence-electron chi connectivity index (χ3n) is 5.92. The van der Waals surface area contributed by atoms with Crippen molar-refractivity contribution in [2.45, 2.75) is 45.8 Å². The Balaban J connectivity index is 1.58. The van der Waals surface area contributed by atoms with Gasteiger partial charge in [-0.15, -0.1) is 0 Å². The van der Waals surface area contributed by atoms with E-state index < -0.39 is 29.5 Å². The van der Waals surface area contributed by atoms with Gasteiger partial charge in [0.05, 0.1) is 36.9 Å². The Hall–Kier alpha value is -3.87. The molecule has 1 aromatic carbocycles. The van der Waals surface area contributed by atoms with E-state index in [0.29, 0.717) is 31.5 Å². The number of amides is 2. The molecule has 0 spiro atoms. The monoisotopic (exact) mass is 495 g/mol. The van der Waals surface area contributed by atoms with Gasteiger partial charge in [0.25, 0.3) is 0 Å². The van der Waals surface area contributed by atoms with Gasteiger partial charge in [0, 0.05) is 44.5 Å². The van der Waals surface area contributed by atoms with Crippen molar-refractivity contribution in [1.29, 1.82) is 5.26 Å². The van der Waals surface area contributed by atoms with E-state index >= 15 is 0 Å². The van der Waals surface area contributed by atoms with Crippen LogP contribution >= 0.6 is 0 Å². The third kappa shape index (κ3) is 7.31. The van der Waals surface area contributed by atoms with Crippen LogP contribution in [0.25, 0.3) is 0 Å². The SMILES string of the molecule is COC(=O)[C@H]1C[C@@H](C(=O)NCCc2cncn2Cc2ccc(C#N)cc2)CN(C(=O)OC(C)(C)C)C1. The molecule has 2 amide bonds. The number of carbonyl (C=O) groups excluding carboxylic acids is 3. The second-order valence-electron chi connectivity index (χ2n) is 9.90. The first-order valence-corrected chi connectivity index (χ1v) is 11.9. The summed E-state index contributed by atoms with van der Waals surface area (Å²) in [7, 11) is 1.30. The summed E-state index contributed by atoms with van der Waals surface area (Å²) in [6.07, 6.45) is 3.80. The number of nitriles is 1. The number of nitrogens with one attached hydrogen (secondary N) is 1. The molecule has 0 bridgehead atoms. The number of likely N-dealkylation sites (tertiary alicyclic amines) is 1. The van der Waals surface area contributed by atoms with Crippen molar-refractivity contribution in [2.75, 3.05) is 26.7 Å². The summed E-state index contributed by atoms with van der Waals surface area (Å²) in [4.78, 5) is 43.5. The van der Waals surface area contributed by atoms with Gasteiger partial charge in [-0.05, 0) is 44.9 Å². The molecule has 36 heavy (non-hydrogen) atoms. The highest BCUT2D eigenvalue weighted by atomic mass is 16.6. The van der Waals surface area contributed by atoms with E-state index in [1.807, 2.05) is 16.7 Å². The van der Waals surface area contributed by atoms with Gasteiger partial charge < -0.3 is 24.3 Å². The molecular formula is C26H33N5O5. The van der Waals surface area contributed by atoms with Crippen molar-refractivity contribution in [3.63, 3.8) is 0 Å². The van der Waals surface area contributed by atoms with Crippen molar-refractivity contribution in [2.24, 2.45) is 11.8 Å². The molecule has 0 aliphatic carbocycles. The Morgan fingerprint density at radius 1 is 1.17 bits per heavy atom. The van der Waals surface area contributed by atoms with Gasteiger partial charge in [0.15, 0.2) is 0 Å². The number of benzene rings is 1. The highest BCUT2D eigenvalue weighted by Gasteiger charge is 2.38. The molecule has 1 saturated heterocycles. The predicted molar refractivity (Wildman–Crippen MR) is 131 cm³/mol. The third-order valence-corrected chi connectivity index (χ3v) is 5.92. The average molecular weight is 496 g/mol. The molecule has 1 fully saturated rings. The van der Waals surface area contributed by atoms with Gasteiger partial charge in [0.1, 0.15) is 5.60 Å². The maximum Gasteiger partial charge on any atom is 0.410 e. The maximum absolute atomic E-state index is 13.0. The molecule has 1 aliphatic heterocycles. The molecule has 10 nitrogen and oxygen atoms in total. The number of hydrogen-bond donors (Lipinski definition) is 1. The van der Waals surface area contributed by atoms with Crippen molar-refractivity contribution in [1.82, 2.24) is 19.8 Å². The molecule has 1 aromatic heterocycles. The molecule has 1 N–H and O–H groups in total. The minimum Gasteiger partial charge on any atom is -0.469 e. The van der Waals surface area contributed by atoms with Crippen LogP contribution in [-0.4, -0.2) is 64.8 Å². The summed E-state index contributed by atoms with van der Waals surface area (Å²) in [5, 5.41) is 11.9. The molecule has 3 rings (SSSR count). The van der Waals surface area contributed by atoms with Crippen LogP contribution in [0.15, 0.2) is 36.8 Å². The highest BCUT2D eigenvalue weighted by Crippen LogP contribution is 2.25. The summed E-state index contributed by atoms with van der Waals surface area (Å²) >= 11 is 0. The fraction of sp³-hybridized carbons (Fsp3) is 0.500. The van der Waals surface area contributed by atoms with Gasteiger partial charge in [-0.25, -0.2) is 9.78 Å². The lowest BCUT2D eigenvalue weighted by molar-refractivity contribution is -0.148. The zero-order chi connectivity index (χ0) is 26.3. The minimum absolute atomic E-state index is 0.153. The predicted octanol–water partition coefficient (Wildman–Crippen LogP) is 2.51. The van der Waals surface area contributed by atoms with Crippen molar-refractivity contribution < 1.29 is 23.9 Å². The second-order valence-corrected chi connectivity index (χ2v) is 9.90. The van der Waals surface area contributed by atoms with E-state index in [1.165, 1.54) is 12.0 Å². The van der Waals surface area contributed by atoms with E-state index in [4.69, 9.17) is 14.7 Å². The Morgan fingerprint density at radius 3 is 2.50 bits per heavy atom. The van der Waals surface area contributed by atoms with Crippen LogP contribution in [0.1, 0.15) is 44.0 Å². The Kier molecular flexibility index (Phi) is 8.69. The minimum atomic E-state index is -0.687. The number of nitrogens with zero attached hydrogens (tertiary/aromatic N) is 4. The molecule has 2 heterocycles. The average Bonchev–Trinajstić information content (AvgIpc) is 3.29. The maximum atomic E-state index is 13.0. The molecule has 2 atom stereocenters. The fourth-order valence-electron chi connectivity index (χ4n) is 4.14. The summed E-state index contributed by atoms with van der Waals surface area (Å²) in [5.74, 6) is -1.83. The van der Waals surface area contributed by atoms with Crippen molar-refractivity contribution >= 4 is 18.0 Å². The lowest BCUT2D eigenvalue weighted by Crippen LogP contribution is -2.51. The largest absolute Gasteiger partial charge is 0.469 e.